The van der Waals surface area contributed by atoms with Crippen molar-refractivity contribution >= 4 is 26.6 Å². The molecule has 8 heteroatoms. The number of nitrogens with zero attached hydrogens (tertiary/aromatic N) is 4. The molecular formula is C22H24N4O3S. The number of hydrogen-bond acceptors (Lipinski definition) is 6. The zero-order valence-electron chi connectivity index (χ0n) is 16.9. The second-order valence-corrected chi connectivity index (χ2v) is 9.84. The van der Waals surface area contributed by atoms with Crippen molar-refractivity contribution in [3.63, 3.8) is 0 Å². The number of benzene rings is 1. The van der Waals surface area contributed by atoms with Gasteiger partial charge >= 0.3 is 0 Å². The van der Waals surface area contributed by atoms with E-state index in [4.69, 9.17) is 4.98 Å². The van der Waals surface area contributed by atoms with E-state index in [1.54, 1.807) is 12.4 Å². The molecule has 0 N–H and O–H groups in total. The lowest BCUT2D eigenvalue weighted by Gasteiger charge is -2.34. The number of aromatic nitrogens is 2. The SMILES string of the molecule is CS(=O)(=O)CCN1CCN(C(=O)c2cc(-c3cccnc3)nc3ccccc23)CC1. The first-order valence-corrected chi connectivity index (χ1v) is 12.0. The summed E-state index contributed by atoms with van der Waals surface area (Å²) in [6.07, 6.45) is 4.70. The van der Waals surface area contributed by atoms with E-state index >= 15 is 0 Å². The fourth-order valence-corrected chi connectivity index (χ4v) is 4.24. The molecule has 1 aliphatic rings. The number of hydrogen-bond donors (Lipinski definition) is 0. The van der Waals surface area contributed by atoms with Gasteiger partial charge in [0.1, 0.15) is 9.84 Å². The molecule has 0 bridgehead atoms. The number of pyridine rings is 2. The van der Waals surface area contributed by atoms with Crippen molar-refractivity contribution in [2.45, 2.75) is 0 Å². The standard InChI is InChI=1S/C22H24N4O3S/c1-30(28,29)14-13-25-9-11-26(12-10-25)22(27)19-15-21(17-5-4-8-23-16-17)24-20-7-3-2-6-18(19)20/h2-8,15-16H,9-14H2,1H3. The van der Waals surface area contributed by atoms with Crippen LogP contribution in [0.5, 0.6) is 0 Å². The molecule has 156 valence electrons. The second-order valence-electron chi connectivity index (χ2n) is 7.58. The summed E-state index contributed by atoms with van der Waals surface area (Å²) in [5, 5.41) is 0.828. The number of piperazine rings is 1. The molecule has 1 fully saturated rings. The molecule has 0 aliphatic carbocycles. The van der Waals surface area contributed by atoms with Crippen molar-refractivity contribution < 1.29 is 13.2 Å². The van der Waals surface area contributed by atoms with Crippen LogP contribution < -0.4 is 0 Å². The first-order chi connectivity index (χ1) is 14.4. The summed E-state index contributed by atoms with van der Waals surface area (Å²) in [5.41, 5.74) is 2.98. The van der Waals surface area contributed by atoms with Crippen molar-refractivity contribution in [2.24, 2.45) is 0 Å². The Morgan fingerprint density at radius 3 is 2.53 bits per heavy atom. The number of rotatable bonds is 5. The molecule has 3 heterocycles. The third kappa shape index (κ3) is 4.66. The summed E-state index contributed by atoms with van der Waals surface area (Å²) in [5.74, 6) is 0.117. The molecule has 1 saturated heterocycles. The van der Waals surface area contributed by atoms with E-state index in [0.717, 1.165) is 22.2 Å². The molecule has 7 nitrogen and oxygen atoms in total. The molecule has 0 saturated carbocycles. The van der Waals surface area contributed by atoms with E-state index in [9.17, 15) is 13.2 Å². The molecular weight excluding hydrogens is 400 g/mol. The van der Waals surface area contributed by atoms with Gasteiger partial charge < -0.3 is 4.90 Å². The van der Waals surface area contributed by atoms with Gasteiger partial charge in [0.2, 0.25) is 0 Å². The molecule has 1 aromatic carbocycles. The monoisotopic (exact) mass is 424 g/mol. The Morgan fingerprint density at radius 2 is 1.83 bits per heavy atom. The highest BCUT2D eigenvalue weighted by atomic mass is 32.2. The number of para-hydroxylation sites is 1. The highest BCUT2D eigenvalue weighted by Crippen LogP contribution is 2.25. The normalized spacial score (nSPS) is 15.4. The first-order valence-electron chi connectivity index (χ1n) is 9.90. The molecule has 1 aliphatic heterocycles. The minimum absolute atomic E-state index is 0.0264. The molecule has 3 aromatic rings. The zero-order chi connectivity index (χ0) is 21.1. The lowest BCUT2D eigenvalue weighted by molar-refractivity contribution is 0.0646. The van der Waals surface area contributed by atoms with Crippen molar-refractivity contribution in [2.75, 3.05) is 44.7 Å². The Balaban J connectivity index is 1.58. The Hall–Kier alpha value is -2.84. The van der Waals surface area contributed by atoms with Gasteiger partial charge in [0.15, 0.2) is 0 Å². The fourth-order valence-electron chi connectivity index (χ4n) is 3.65. The van der Waals surface area contributed by atoms with E-state index in [0.29, 0.717) is 38.3 Å². The molecule has 30 heavy (non-hydrogen) atoms. The van der Waals surface area contributed by atoms with Crippen LogP contribution in [-0.4, -0.2) is 78.8 Å². The Bertz CT molecular complexity index is 1160. The average Bonchev–Trinajstić information content (AvgIpc) is 2.77. The van der Waals surface area contributed by atoms with Crippen LogP contribution in [0.1, 0.15) is 10.4 Å². The summed E-state index contributed by atoms with van der Waals surface area (Å²) < 4.78 is 22.8. The Labute approximate surface area is 176 Å². The molecule has 0 spiro atoms. The molecule has 0 radical (unpaired) electrons. The van der Waals surface area contributed by atoms with E-state index < -0.39 is 9.84 Å². The van der Waals surface area contributed by atoms with Gasteiger partial charge in [0.05, 0.1) is 22.5 Å². The summed E-state index contributed by atoms with van der Waals surface area (Å²) in [6, 6.07) is 13.3. The van der Waals surface area contributed by atoms with E-state index in [2.05, 4.69) is 9.88 Å². The van der Waals surface area contributed by atoms with Gasteiger partial charge in [-0.15, -0.1) is 0 Å². The number of carbonyl (C=O) groups excluding carboxylic acids is 1. The van der Waals surface area contributed by atoms with Crippen LogP contribution in [0.3, 0.4) is 0 Å². The van der Waals surface area contributed by atoms with E-state index in [-0.39, 0.29) is 11.7 Å². The predicted molar refractivity (Wildman–Crippen MR) is 117 cm³/mol. The minimum Gasteiger partial charge on any atom is -0.336 e. The van der Waals surface area contributed by atoms with Gasteiger partial charge in [-0.25, -0.2) is 13.4 Å². The quantitative estimate of drug-likeness (QED) is 0.624. The van der Waals surface area contributed by atoms with Crippen molar-refractivity contribution in [3.05, 3.63) is 60.4 Å². The van der Waals surface area contributed by atoms with Crippen molar-refractivity contribution in [1.29, 1.82) is 0 Å². The van der Waals surface area contributed by atoms with Crippen LogP contribution in [0, 0.1) is 0 Å². The number of fused-ring (bicyclic) bond motifs is 1. The summed E-state index contributed by atoms with van der Waals surface area (Å²) in [7, 11) is -2.99. The van der Waals surface area contributed by atoms with Crippen LogP contribution in [0.25, 0.3) is 22.2 Å². The highest BCUT2D eigenvalue weighted by molar-refractivity contribution is 7.90. The van der Waals surface area contributed by atoms with Gasteiger partial charge in [-0.1, -0.05) is 18.2 Å². The highest BCUT2D eigenvalue weighted by Gasteiger charge is 2.24. The lowest BCUT2D eigenvalue weighted by Crippen LogP contribution is -2.49. The van der Waals surface area contributed by atoms with Crippen molar-refractivity contribution in [1.82, 2.24) is 19.8 Å². The Morgan fingerprint density at radius 1 is 1.07 bits per heavy atom. The topological polar surface area (TPSA) is 83.5 Å². The number of sulfone groups is 1. The molecule has 4 rings (SSSR count). The van der Waals surface area contributed by atoms with Crippen LogP contribution in [0.2, 0.25) is 0 Å². The third-order valence-corrected chi connectivity index (χ3v) is 6.27. The summed E-state index contributed by atoms with van der Waals surface area (Å²) in [6.45, 7) is 2.98. The average molecular weight is 425 g/mol. The lowest BCUT2D eigenvalue weighted by atomic mass is 10.0. The second kappa shape index (κ2) is 8.49. The number of amides is 1. The minimum atomic E-state index is -2.99. The van der Waals surface area contributed by atoms with Gasteiger partial charge in [0, 0.05) is 62.3 Å². The molecule has 0 atom stereocenters. The Kier molecular flexibility index (Phi) is 5.78. The van der Waals surface area contributed by atoms with Gasteiger partial charge in [-0.3, -0.25) is 14.7 Å². The van der Waals surface area contributed by atoms with Crippen LogP contribution >= 0.6 is 0 Å². The molecule has 2 aromatic heterocycles. The largest absolute Gasteiger partial charge is 0.336 e. The molecule has 1 amide bonds. The fraction of sp³-hybridized carbons (Fsp3) is 0.318. The smallest absolute Gasteiger partial charge is 0.254 e. The van der Waals surface area contributed by atoms with Crippen LogP contribution in [0.4, 0.5) is 0 Å². The van der Waals surface area contributed by atoms with Crippen molar-refractivity contribution in [3.8, 4) is 11.3 Å². The van der Waals surface area contributed by atoms with Crippen LogP contribution in [0.15, 0.2) is 54.9 Å². The third-order valence-electron chi connectivity index (χ3n) is 5.34. The predicted octanol–water partition coefficient (Wildman–Crippen LogP) is 2.10. The zero-order valence-corrected chi connectivity index (χ0v) is 17.7. The summed E-state index contributed by atoms with van der Waals surface area (Å²) in [4.78, 5) is 26.2. The van der Waals surface area contributed by atoms with E-state index in [1.165, 1.54) is 6.26 Å². The summed E-state index contributed by atoms with van der Waals surface area (Å²) >= 11 is 0. The maximum atomic E-state index is 13.4. The van der Waals surface area contributed by atoms with E-state index in [1.807, 2.05) is 47.4 Å². The maximum absolute atomic E-state index is 13.4. The van der Waals surface area contributed by atoms with Gasteiger partial charge in [-0.05, 0) is 24.3 Å². The number of carbonyl (C=O) groups is 1. The van der Waals surface area contributed by atoms with Crippen LogP contribution in [-0.2, 0) is 9.84 Å². The maximum Gasteiger partial charge on any atom is 0.254 e. The van der Waals surface area contributed by atoms with Gasteiger partial charge in [0.25, 0.3) is 5.91 Å². The molecule has 0 unspecified atom stereocenters. The first kappa shape index (κ1) is 20.4. The van der Waals surface area contributed by atoms with Gasteiger partial charge in [-0.2, -0.15) is 0 Å².